The highest BCUT2D eigenvalue weighted by Crippen LogP contribution is 2.51. The first-order valence-electron chi connectivity index (χ1n) is 9.64. The van der Waals surface area contributed by atoms with Crippen LogP contribution in [0.3, 0.4) is 0 Å². The average Bonchev–Trinajstić information content (AvgIpc) is 2.96. The Balaban J connectivity index is 2.88. The Labute approximate surface area is 155 Å². The monoisotopic (exact) mass is 370 g/mol. The molecule has 25 heavy (non-hydrogen) atoms. The van der Waals surface area contributed by atoms with Gasteiger partial charge in [0.2, 0.25) is 0 Å². The molecule has 144 valence electrons. The lowest BCUT2D eigenvalue weighted by Gasteiger charge is -2.38. The summed E-state index contributed by atoms with van der Waals surface area (Å²) in [6.07, 6.45) is 3.82. The minimum Gasteiger partial charge on any atom is -0.321 e. The van der Waals surface area contributed by atoms with Gasteiger partial charge in [0.1, 0.15) is 5.78 Å². The van der Waals surface area contributed by atoms with Gasteiger partial charge in [-0.3, -0.25) is 4.79 Å². The zero-order valence-electron chi connectivity index (χ0n) is 16.7. The number of Topliss-reactive ketones (excluding diaryl/α,β-unsaturated/α-hetero) is 1. The smallest absolute Gasteiger partial charge is 0.259 e. The van der Waals surface area contributed by atoms with Crippen molar-refractivity contribution in [3.05, 3.63) is 0 Å². The van der Waals surface area contributed by atoms with Crippen LogP contribution in [0.25, 0.3) is 0 Å². The van der Waals surface area contributed by atoms with E-state index in [1.807, 2.05) is 6.92 Å². The minimum atomic E-state index is -1.23. The first-order chi connectivity index (χ1) is 11.9. The molecule has 0 aliphatic heterocycles. The van der Waals surface area contributed by atoms with E-state index in [-0.39, 0.29) is 17.9 Å². The van der Waals surface area contributed by atoms with Gasteiger partial charge in [-0.25, -0.2) is 4.67 Å². The van der Waals surface area contributed by atoms with Gasteiger partial charge in [0.25, 0.3) is 8.53 Å². The maximum atomic E-state index is 12.2. The van der Waals surface area contributed by atoms with Gasteiger partial charge in [0.05, 0.1) is 25.2 Å². The van der Waals surface area contributed by atoms with Crippen LogP contribution in [0, 0.1) is 23.2 Å². The highest BCUT2D eigenvalue weighted by atomic mass is 31.2. The zero-order chi connectivity index (χ0) is 19.0. The van der Waals surface area contributed by atoms with Gasteiger partial charge in [0, 0.05) is 24.4 Å². The highest BCUT2D eigenvalue weighted by molar-refractivity contribution is 7.44. The average molecular weight is 370 g/mol. The van der Waals surface area contributed by atoms with Gasteiger partial charge in [-0.05, 0) is 46.5 Å². The fourth-order valence-corrected chi connectivity index (χ4v) is 5.58. The summed E-state index contributed by atoms with van der Waals surface area (Å²) in [5, 5.41) is 8.81. The molecule has 0 aromatic heterocycles. The van der Waals surface area contributed by atoms with Crippen LogP contribution in [0.15, 0.2) is 0 Å². The van der Waals surface area contributed by atoms with Crippen molar-refractivity contribution in [2.75, 3.05) is 6.61 Å². The Kier molecular flexibility index (Phi) is 10.1. The van der Waals surface area contributed by atoms with Crippen LogP contribution in [0.1, 0.15) is 73.6 Å². The van der Waals surface area contributed by atoms with Crippen LogP contribution in [-0.4, -0.2) is 35.2 Å². The lowest BCUT2D eigenvalue weighted by molar-refractivity contribution is -0.124. The SMILES string of the molecule is CCC(=O)C1CC[C@H](OP(OCCC#N)N(C(C)C)C(C)C)[C@@H]1CC. The van der Waals surface area contributed by atoms with E-state index in [0.717, 1.165) is 19.3 Å². The van der Waals surface area contributed by atoms with Crippen molar-refractivity contribution in [1.29, 1.82) is 5.26 Å². The van der Waals surface area contributed by atoms with E-state index in [1.54, 1.807) is 0 Å². The van der Waals surface area contributed by atoms with Crippen molar-refractivity contribution >= 4 is 14.3 Å². The fraction of sp³-hybridized carbons (Fsp3) is 0.895. The topological polar surface area (TPSA) is 62.6 Å². The molecule has 1 aliphatic carbocycles. The highest BCUT2D eigenvalue weighted by Gasteiger charge is 2.41. The van der Waals surface area contributed by atoms with Crippen LogP contribution in [0.4, 0.5) is 0 Å². The van der Waals surface area contributed by atoms with Crippen molar-refractivity contribution in [2.45, 2.75) is 91.8 Å². The molecule has 0 spiro atoms. The summed E-state index contributed by atoms with van der Waals surface area (Å²) in [5.74, 6) is 0.762. The molecule has 1 aliphatic rings. The third kappa shape index (κ3) is 6.29. The van der Waals surface area contributed by atoms with Gasteiger partial charge in [-0.2, -0.15) is 5.26 Å². The van der Waals surface area contributed by atoms with Gasteiger partial charge in [0.15, 0.2) is 0 Å². The first kappa shape index (κ1) is 22.5. The standard InChI is InChI=1S/C19H35N2O3P/c1-7-16-17(18(22)8-2)10-11-19(16)24-25(23-13-9-12-20)21(14(3)4)15(5)6/h14-17,19H,7-11,13H2,1-6H3/t16-,17?,19+,25?/m1/s1. The predicted molar refractivity (Wildman–Crippen MR) is 102 cm³/mol. The molecule has 0 bridgehead atoms. The van der Waals surface area contributed by atoms with Crippen LogP contribution >= 0.6 is 8.53 Å². The van der Waals surface area contributed by atoms with E-state index in [0.29, 0.717) is 37.3 Å². The molecule has 6 heteroatoms. The maximum Gasteiger partial charge on any atom is 0.259 e. The Bertz CT molecular complexity index is 442. The molecule has 1 saturated carbocycles. The Hall–Kier alpha value is -0.530. The molecule has 0 N–H and O–H groups in total. The molecule has 0 radical (unpaired) electrons. The molecule has 4 atom stereocenters. The summed E-state index contributed by atoms with van der Waals surface area (Å²) in [6, 6.07) is 2.72. The second-order valence-corrected chi connectivity index (χ2v) is 8.67. The van der Waals surface area contributed by atoms with Crippen molar-refractivity contribution in [3.63, 3.8) is 0 Å². The molecule has 0 aromatic rings. The number of hydrogen-bond acceptors (Lipinski definition) is 5. The van der Waals surface area contributed by atoms with E-state index in [9.17, 15) is 4.79 Å². The second-order valence-electron chi connectivity index (χ2n) is 7.27. The van der Waals surface area contributed by atoms with Crippen molar-refractivity contribution in [2.24, 2.45) is 11.8 Å². The molecule has 0 aromatic carbocycles. The van der Waals surface area contributed by atoms with Crippen LogP contribution in [0.5, 0.6) is 0 Å². The lowest BCUT2D eigenvalue weighted by atomic mass is 9.88. The quantitative estimate of drug-likeness (QED) is 0.376. The summed E-state index contributed by atoms with van der Waals surface area (Å²) in [6.45, 7) is 13.0. The molecule has 0 heterocycles. The Morgan fingerprint density at radius 1 is 1.24 bits per heavy atom. The fourth-order valence-electron chi connectivity index (χ4n) is 3.78. The molecular formula is C19H35N2O3P. The Morgan fingerprint density at radius 2 is 1.88 bits per heavy atom. The van der Waals surface area contributed by atoms with E-state index in [2.05, 4.69) is 45.4 Å². The van der Waals surface area contributed by atoms with E-state index >= 15 is 0 Å². The van der Waals surface area contributed by atoms with Crippen molar-refractivity contribution < 1.29 is 13.8 Å². The second kappa shape index (κ2) is 11.2. The van der Waals surface area contributed by atoms with E-state index < -0.39 is 8.53 Å². The van der Waals surface area contributed by atoms with Gasteiger partial charge >= 0.3 is 0 Å². The number of nitrogens with zero attached hydrogens (tertiary/aromatic N) is 2. The number of carbonyl (C=O) groups is 1. The van der Waals surface area contributed by atoms with Crippen LogP contribution in [-0.2, 0) is 13.8 Å². The van der Waals surface area contributed by atoms with E-state index in [4.69, 9.17) is 14.3 Å². The Morgan fingerprint density at radius 3 is 2.36 bits per heavy atom. The minimum absolute atomic E-state index is 0.0682. The van der Waals surface area contributed by atoms with Crippen molar-refractivity contribution in [1.82, 2.24) is 4.67 Å². The summed E-state index contributed by atoms with van der Waals surface area (Å²) in [5.41, 5.74) is 0. The van der Waals surface area contributed by atoms with Gasteiger partial charge < -0.3 is 9.05 Å². The number of carbonyl (C=O) groups excluding carboxylic acids is 1. The zero-order valence-corrected chi connectivity index (χ0v) is 17.6. The molecule has 1 rings (SSSR count). The molecule has 5 nitrogen and oxygen atoms in total. The number of nitriles is 1. The van der Waals surface area contributed by atoms with Crippen LogP contribution in [0.2, 0.25) is 0 Å². The number of rotatable bonds is 11. The summed E-state index contributed by atoms with van der Waals surface area (Å²) in [7, 11) is -1.23. The first-order valence-corrected chi connectivity index (χ1v) is 10.8. The van der Waals surface area contributed by atoms with Crippen LogP contribution < -0.4 is 0 Å². The van der Waals surface area contributed by atoms with Crippen molar-refractivity contribution in [3.8, 4) is 6.07 Å². The lowest BCUT2D eigenvalue weighted by Crippen LogP contribution is -2.35. The van der Waals surface area contributed by atoms with Gasteiger partial charge in [-0.1, -0.05) is 20.3 Å². The number of hydrogen-bond donors (Lipinski definition) is 0. The largest absolute Gasteiger partial charge is 0.321 e. The molecule has 0 amide bonds. The third-order valence-corrected chi connectivity index (χ3v) is 7.03. The normalized spacial score (nSPS) is 24.9. The molecule has 0 saturated heterocycles. The summed E-state index contributed by atoms with van der Waals surface area (Å²) in [4.78, 5) is 12.2. The number of ketones is 1. The third-order valence-electron chi connectivity index (χ3n) is 4.88. The molecule has 1 fully saturated rings. The maximum absolute atomic E-state index is 12.2. The van der Waals surface area contributed by atoms with Gasteiger partial charge in [-0.15, -0.1) is 0 Å². The summed E-state index contributed by atoms with van der Waals surface area (Å²) >= 11 is 0. The molecule has 2 unspecified atom stereocenters. The summed E-state index contributed by atoms with van der Waals surface area (Å²) < 4.78 is 14.7. The van der Waals surface area contributed by atoms with E-state index in [1.165, 1.54) is 0 Å². The predicted octanol–water partition coefficient (Wildman–Crippen LogP) is 5.06. The molecular weight excluding hydrogens is 335 g/mol.